The van der Waals surface area contributed by atoms with Crippen LogP contribution in [-0.2, 0) is 4.79 Å². The number of rotatable bonds is 4. The number of H-pyrrole nitrogens is 1. The standard InChI is InChI=1S/C21H22FN3O2S/c1-3-11(2)28-21-24-19-18(20(27)25-21)16(12-7-4-5-8-13(12)22)17-14(23-19)9-6-10-15(17)26/h4-5,7-8,11,16H,3,6,9-10H2,1-2H3,(H2,23,24,25,27). The van der Waals surface area contributed by atoms with Crippen molar-refractivity contribution in [2.45, 2.75) is 55.9 Å². The van der Waals surface area contributed by atoms with E-state index in [-0.39, 0.29) is 11.3 Å². The van der Waals surface area contributed by atoms with Gasteiger partial charge in [-0.15, -0.1) is 0 Å². The van der Waals surface area contributed by atoms with E-state index in [0.717, 1.165) is 18.5 Å². The largest absolute Gasteiger partial charge is 0.343 e. The van der Waals surface area contributed by atoms with Crippen LogP contribution in [-0.4, -0.2) is 21.0 Å². The van der Waals surface area contributed by atoms with Crippen molar-refractivity contribution in [3.05, 3.63) is 62.8 Å². The molecule has 4 rings (SSSR count). The molecule has 7 heteroatoms. The number of nitrogens with zero attached hydrogens (tertiary/aromatic N) is 1. The van der Waals surface area contributed by atoms with Gasteiger partial charge in [-0.25, -0.2) is 9.37 Å². The fourth-order valence-electron chi connectivity index (χ4n) is 3.79. The normalized spacial score (nSPS) is 19.7. The van der Waals surface area contributed by atoms with Gasteiger partial charge in [0.15, 0.2) is 10.9 Å². The zero-order valence-electron chi connectivity index (χ0n) is 15.8. The van der Waals surface area contributed by atoms with Gasteiger partial charge in [0.25, 0.3) is 5.56 Å². The molecule has 0 fully saturated rings. The van der Waals surface area contributed by atoms with Crippen LogP contribution < -0.4 is 10.9 Å². The highest BCUT2D eigenvalue weighted by Gasteiger charge is 2.38. The summed E-state index contributed by atoms with van der Waals surface area (Å²) >= 11 is 1.50. The minimum atomic E-state index is -0.737. The number of hydrogen-bond acceptors (Lipinski definition) is 5. The van der Waals surface area contributed by atoms with Crippen LogP contribution >= 0.6 is 11.8 Å². The lowest BCUT2D eigenvalue weighted by Gasteiger charge is -2.33. The molecule has 2 unspecified atom stereocenters. The highest BCUT2D eigenvalue weighted by molar-refractivity contribution is 7.99. The van der Waals surface area contributed by atoms with Crippen molar-refractivity contribution in [3.8, 4) is 0 Å². The second-order valence-corrected chi connectivity index (χ2v) is 8.65. The molecule has 1 aliphatic heterocycles. The summed E-state index contributed by atoms with van der Waals surface area (Å²) in [6.07, 6.45) is 2.78. The number of Topliss-reactive ketones (excluding diaryl/α,β-unsaturated/α-hetero) is 1. The van der Waals surface area contributed by atoms with E-state index < -0.39 is 11.7 Å². The molecule has 1 aromatic heterocycles. The summed E-state index contributed by atoms with van der Waals surface area (Å²) in [5.41, 5.74) is 1.57. The second kappa shape index (κ2) is 7.54. The van der Waals surface area contributed by atoms with E-state index in [0.29, 0.717) is 45.8 Å². The van der Waals surface area contributed by atoms with Crippen LogP contribution in [0.1, 0.15) is 56.6 Å². The first-order valence-corrected chi connectivity index (χ1v) is 10.5. The van der Waals surface area contributed by atoms with Crippen molar-refractivity contribution in [1.29, 1.82) is 0 Å². The molecule has 0 amide bonds. The molecular formula is C21H22FN3O2S. The molecule has 2 N–H and O–H groups in total. The number of allylic oxidation sites excluding steroid dienone is 2. The van der Waals surface area contributed by atoms with Crippen molar-refractivity contribution >= 4 is 23.4 Å². The Morgan fingerprint density at radius 2 is 2.07 bits per heavy atom. The Morgan fingerprint density at radius 1 is 1.29 bits per heavy atom. The Labute approximate surface area is 166 Å². The van der Waals surface area contributed by atoms with E-state index in [1.807, 2.05) is 0 Å². The Bertz CT molecular complexity index is 1030. The minimum Gasteiger partial charge on any atom is -0.343 e. The van der Waals surface area contributed by atoms with Gasteiger partial charge in [0, 0.05) is 28.5 Å². The van der Waals surface area contributed by atoms with Crippen LogP contribution in [0.5, 0.6) is 0 Å². The summed E-state index contributed by atoms with van der Waals surface area (Å²) in [5, 5.41) is 4.05. The van der Waals surface area contributed by atoms with E-state index in [1.165, 1.54) is 17.8 Å². The number of benzene rings is 1. The smallest absolute Gasteiger partial charge is 0.257 e. The highest BCUT2D eigenvalue weighted by atomic mass is 32.2. The number of carbonyl (C=O) groups is 1. The molecule has 0 radical (unpaired) electrons. The lowest BCUT2D eigenvalue weighted by atomic mass is 9.76. The lowest BCUT2D eigenvalue weighted by Crippen LogP contribution is -2.33. The Balaban J connectivity index is 1.91. The van der Waals surface area contributed by atoms with Crippen LogP contribution in [0.3, 0.4) is 0 Å². The van der Waals surface area contributed by atoms with Gasteiger partial charge in [-0.1, -0.05) is 43.8 Å². The molecule has 0 saturated heterocycles. The van der Waals surface area contributed by atoms with Crippen LogP contribution in [0.4, 0.5) is 10.2 Å². The third kappa shape index (κ3) is 3.28. The van der Waals surface area contributed by atoms with Gasteiger partial charge < -0.3 is 10.3 Å². The number of thioether (sulfide) groups is 1. The van der Waals surface area contributed by atoms with E-state index in [2.05, 4.69) is 29.1 Å². The van der Waals surface area contributed by atoms with E-state index in [9.17, 15) is 14.0 Å². The monoisotopic (exact) mass is 399 g/mol. The predicted octanol–water partition coefficient (Wildman–Crippen LogP) is 4.36. The SMILES string of the molecule is CCC(C)Sc1nc2c(c(=O)[nH]1)C(c1ccccc1F)C1=C(CCCC1=O)N2. The number of halogens is 1. The van der Waals surface area contributed by atoms with Crippen molar-refractivity contribution in [3.63, 3.8) is 0 Å². The van der Waals surface area contributed by atoms with Gasteiger partial charge in [0.05, 0.1) is 11.5 Å². The number of carbonyl (C=O) groups excluding carboxylic acids is 1. The number of fused-ring (bicyclic) bond motifs is 1. The number of anilines is 1. The van der Waals surface area contributed by atoms with Gasteiger partial charge in [-0.2, -0.15) is 0 Å². The van der Waals surface area contributed by atoms with Gasteiger partial charge in [-0.05, 0) is 25.3 Å². The van der Waals surface area contributed by atoms with E-state index in [1.54, 1.807) is 18.2 Å². The Kier molecular flexibility index (Phi) is 5.10. The summed E-state index contributed by atoms with van der Waals surface area (Å²) in [6, 6.07) is 6.33. The van der Waals surface area contributed by atoms with Crippen LogP contribution in [0.2, 0.25) is 0 Å². The Hall–Kier alpha value is -2.41. The summed E-state index contributed by atoms with van der Waals surface area (Å²) in [5.74, 6) is -0.774. The lowest BCUT2D eigenvalue weighted by molar-refractivity contribution is -0.116. The maximum atomic E-state index is 14.7. The first-order chi connectivity index (χ1) is 13.5. The average Bonchev–Trinajstić information content (AvgIpc) is 2.67. The number of ketones is 1. The molecule has 0 spiro atoms. The summed E-state index contributed by atoms with van der Waals surface area (Å²) in [7, 11) is 0. The molecule has 2 aliphatic rings. The maximum Gasteiger partial charge on any atom is 0.257 e. The molecule has 1 aliphatic carbocycles. The van der Waals surface area contributed by atoms with Gasteiger partial charge >= 0.3 is 0 Å². The number of aromatic amines is 1. The fraction of sp³-hybridized carbons (Fsp3) is 0.381. The zero-order valence-corrected chi connectivity index (χ0v) is 16.7. The average molecular weight is 399 g/mol. The zero-order chi connectivity index (χ0) is 19.8. The maximum absolute atomic E-state index is 14.7. The molecule has 2 aromatic rings. The number of aromatic nitrogens is 2. The number of nitrogens with one attached hydrogen (secondary N) is 2. The minimum absolute atomic E-state index is 0.0369. The molecule has 146 valence electrons. The van der Waals surface area contributed by atoms with Gasteiger partial charge in [0.2, 0.25) is 0 Å². The quantitative estimate of drug-likeness (QED) is 0.590. The summed E-state index contributed by atoms with van der Waals surface area (Å²) in [4.78, 5) is 33.2. The van der Waals surface area contributed by atoms with Crippen molar-refractivity contribution in [2.24, 2.45) is 0 Å². The second-order valence-electron chi connectivity index (χ2n) is 7.22. The summed E-state index contributed by atoms with van der Waals surface area (Å²) < 4.78 is 14.7. The predicted molar refractivity (Wildman–Crippen MR) is 108 cm³/mol. The van der Waals surface area contributed by atoms with E-state index >= 15 is 0 Å². The summed E-state index contributed by atoms with van der Waals surface area (Å²) in [6.45, 7) is 4.14. The molecule has 28 heavy (non-hydrogen) atoms. The molecule has 0 saturated carbocycles. The van der Waals surface area contributed by atoms with Crippen LogP contribution in [0, 0.1) is 5.82 Å². The van der Waals surface area contributed by atoms with Gasteiger partial charge in [0.1, 0.15) is 11.6 Å². The van der Waals surface area contributed by atoms with Gasteiger partial charge in [-0.3, -0.25) is 9.59 Å². The molecule has 1 aromatic carbocycles. The van der Waals surface area contributed by atoms with Crippen molar-refractivity contribution < 1.29 is 9.18 Å². The third-order valence-corrected chi connectivity index (χ3v) is 6.49. The molecule has 0 bridgehead atoms. The fourth-order valence-corrected chi connectivity index (χ4v) is 4.63. The molecule has 2 atom stereocenters. The molecule has 2 heterocycles. The van der Waals surface area contributed by atoms with Crippen LogP contribution in [0.25, 0.3) is 0 Å². The third-order valence-electron chi connectivity index (χ3n) is 5.34. The van der Waals surface area contributed by atoms with Crippen LogP contribution in [0.15, 0.2) is 45.5 Å². The Morgan fingerprint density at radius 3 is 2.82 bits per heavy atom. The number of hydrogen-bond donors (Lipinski definition) is 2. The molecule has 5 nitrogen and oxygen atoms in total. The highest BCUT2D eigenvalue weighted by Crippen LogP contribution is 2.44. The van der Waals surface area contributed by atoms with Crippen molar-refractivity contribution in [2.75, 3.05) is 5.32 Å². The van der Waals surface area contributed by atoms with Crippen molar-refractivity contribution in [1.82, 2.24) is 9.97 Å². The first kappa shape index (κ1) is 18.9. The van der Waals surface area contributed by atoms with E-state index in [4.69, 9.17) is 0 Å². The first-order valence-electron chi connectivity index (χ1n) is 9.58. The topological polar surface area (TPSA) is 74.8 Å². The molecular weight excluding hydrogens is 377 g/mol.